The summed E-state index contributed by atoms with van der Waals surface area (Å²) >= 11 is 12.2. The number of halogens is 1. The van der Waals surface area contributed by atoms with Crippen molar-refractivity contribution in [1.82, 2.24) is 5.01 Å². The van der Waals surface area contributed by atoms with Crippen LogP contribution in [0.2, 0.25) is 5.02 Å². The van der Waals surface area contributed by atoms with E-state index in [9.17, 15) is 4.79 Å². The van der Waals surface area contributed by atoms with Crippen molar-refractivity contribution >= 4 is 58.1 Å². The summed E-state index contributed by atoms with van der Waals surface area (Å²) in [5.41, 5.74) is 0.827. The summed E-state index contributed by atoms with van der Waals surface area (Å²) in [6, 6.07) is 10.6. The highest BCUT2D eigenvalue weighted by Crippen LogP contribution is 2.32. The van der Waals surface area contributed by atoms with Gasteiger partial charge in [-0.2, -0.15) is 10.1 Å². The number of carbonyl (C=O) groups excluding carboxylic acids is 1. The molecule has 1 aromatic carbocycles. The summed E-state index contributed by atoms with van der Waals surface area (Å²) in [6.07, 6.45) is 4.76. The van der Waals surface area contributed by atoms with Gasteiger partial charge in [-0.25, -0.2) is 0 Å². The number of hydrazone groups is 1. The molecule has 0 spiro atoms. The Hall–Kier alpha value is -1.89. The van der Waals surface area contributed by atoms with E-state index in [0.717, 1.165) is 5.56 Å². The van der Waals surface area contributed by atoms with E-state index >= 15 is 0 Å². The van der Waals surface area contributed by atoms with Gasteiger partial charge in [-0.1, -0.05) is 35.5 Å². The molecule has 4 nitrogen and oxygen atoms in total. The van der Waals surface area contributed by atoms with Crippen LogP contribution < -0.4 is 0 Å². The van der Waals surface area contributed by atoms with Crippen LogP contribution in [0.4, 0.5) is 0 Å². The van der Waals surface area contributed by atoms with Gasteiger partial charge in [0.05, 0.1) is 17.4 Å². The summed E-state index contributed by atoms with van der Waals surface area (Å²) in [5, 5.41) is 5.99. The minimum Gasteiger partial charge on any atom is -0.465 e. The number of nitrogens with zero attached hydrogens (tertiary/aromatic N) is 2. The predicted molar refractivity (Wildman–Crippen MR) is 92.8 cm³/mol. The number of thioether (sulfide) groups is 1. The molecule has 1 fully saturated rings. The van der Waals surface area contributed by atoms with E-state index in [0.29, 0.717) is 20.0 Å². The number of rotatable bonds is 3. The quantitative estimate of drug-likeness (QED) is 0.474. The van der Waals surface area contributed by atoms with Crippen LogP contribution >= 0.6 is 35.6 Å². The number of carbonyl (C=O) groups is 1. The molecule has 0 N–H and O–H groups in total. The van der Waals surface area contributed by atoms with Crippen LogP contribution in [0.5, 0.6) is 0 Å². The van der Waals surface area contributed by atoms with Crippen LogP contribution in [-0.2, 0) is 4.79 Å². The van der Waals surface area contributed by atoms with E-state index < -0.39 is 0 Å². The second-order valence-electron chi connectivity index (χ2n) is 4.31. The van der Waals surface area contributed by atoms with Crippen LogP contribution in [0.15, 0.2) is 57.1 Å². The Morgan fingerprint density at radius 1 is 1.27 bits per heavy atom. The van der Waals surface area contributed by atoms with E-state index in [4.69, 9.17) is 28.2 Å². The maximum absolute atomic E-state index is 12.3. The topological polar surface area (TPSA) is 45.8 Å². The third-order valence-electron chi connectivity index (χ3n) is 2.78. The van der Waals surface area contributed by atoms with Crippen molar-refractivity contribution < 1.29 is 9.21 Å². The summed E-state index contributed by atoms with van der Waals surface area (Å²) < 4.78 is 5.58. The molecule has 0 atom stereocenters. The van der Waals surface area contributed by atoms with Crippen molar-refractivity contribution in [2.24, 2.45) is 5.10 Å². The summed E-state index contributed by atoms with van der Waals surface area (Å²) in [7, 11) is 0. The number of thiocarbonyl (C=S) groups is 1. The lowest BCUT2D eigenvalue weighted by Gasteiger charge is -2.05. The predicted octanol–water partition coefficient (Wildman–Crippen LogP) is 4.17. The van der Waals surface area contributed by atoms with Gasteiger partial charge in [0.1, 0.15) is 5.76 Å². The minimum absolute atomic E-state index is 0.267. The molecular formula is C15H9ClN2O2S2. The zero-order valence-electron chi connectivity index (χ0n) is 11.1. The Bertz CT molecular complexity index is 767. The van der Waals surface area contributed by atoms with E-state index in [-0.39, 0.29) is 5.91 Å². The lowest BCUT2D eigenvalue weighted by Crippen LogP contribution is -2.22. The first-order valence-electron chi connectivity index (χ1n) is 6.24. The molecule has 7 heteroatoms. The van der Waals surface area contributed by atoms with Gasteiger partial charge in [0.2, 0.25) is 0 Å². The molecule has 0 radical (unpaired) electrons. The first kappa shape index (κ1) is 15.0. The lowest BCUT2D eigenvalue weighted by atomic mass is 10.2. The first-order valence-corrected chi connectivity index (χ1v) is 7.85. The van der Waals surface area contributed by atoms with Gasteiger partial charge >= 0.3 is 0 Å². The van der Waals surface area contributed by atoms with Crippen molar-refractivity contribution in [1.29, 1.82) is 0 Å². The fourth-order valence-corrected chi connectivity index (χ4v) is 3.01. The van der Waals surface area contributed by atoms with Crippen LogP contribution in [0.1, 0.15) is 11.3 Å². The maximum Gasteiger partial charge on any atom is 0.286 e. The molecule has 1 aromatic heterocycles. The van der Waals surface area contributed by atoms with Crippen molar-refractivity contribution in [2.45, 2.75) is 0 Å². The zero-order chi connectivity index (χ0) is 15.5. The maximum atomic E-state index is 12.3. The molecule has 1 amide bonds. The smallest absolute Gasteiger partial charge is 0.286 e. The highest BCUT2D eigenvalue weighted by Gasteiger charge is 2.32. The van der Waals surface area contributed by atoms with E-state index in [1.54, 1.807) is 42.8 Å². The van der Waals surface area contributed by atoms with E-state index in [1.165, 1.54) is 16.8 Å². The molecule has 110 valence electrons. The zero-order valence-corrected chi connectivity index (χ0v) is 13.5. The largest absolute Gasteiger partial charge is 0.465 e. The van der Waals surface area contributed by atoms with Gasteiger partial charge in [0.25, 0.3) is 5.91 Å². The number of hydrogen-bond acceptors (Lipinski definition) is 5. The van der Waals surface area contributed by atoms with Gasteiger partial charge < -0.3 is 4.42 Å². The van der Waals surface area contributed by atoms with Gasteiger partial charge in [-0.15, -0.1) is 0 Å². The van der Waals surface area contributed by atoms with Crippen molar-refractivity contribution in [2.75, 3.05) is 0 Å². The first-order chi connectivity index (χ1) is 10.6. The Morgan fingerprint density at radius 2 is 2.05 bits per heavy atom. The van der Waals surface area contributed by atoms with Gasteiger partial charge in [0.15, 0.2) is 4.32 Å². The molecule has 22 heavy (non-hydrogen) atoms. The van der Waals surface area contributed by atoms with Gasteiger partial charge in [-0.05, 0) is 42.0 Å². The van der Waals surface area contributed by atoms with E-state index in [1.807, 2.05) is 12.1 Å². The highest BCUT2D eigenvalue weighted by molar-refractivity contribution is 8.26. The Balaban J connectivity index is 1.78. The fourth-order valence-electron chi connectivity index (χ4n) is 1.73. The van der Waals surface area contributed by atoms with Crippen molar-refractivity contribution in [3.63, 3.8) is 0 Å². The fraction of sp³-hybridized carbons (Fsp3) is 0. The SMILES string of the molecule is O=C1/C(=C\c2ccco2)SC(=S)N1/N=C/c1ccc(Cl)cc1. The molecule has 0 saturated carbocycles. The van der Waals surface area contributed by atoms with Crippen molar-refractivity contribution in [3.8, 4) is 0 Å². The second kappa shape index (κ2) is 6.48. The third kappa shape index (κ3) is 3.30. The Kier molecular flexibility index (Phi) is 4.42. The van der Waals surface area contributed by atoms with Gasteiger partial charge in [-0.3, -0.25) is 4.79 Å². The minimum atomic E-state index is -0.267. The van der Waals surface area contributed by atoms with Crippen molar-refractivity contribution in [3.05, 3.63) is 63.9 Å². The van der Waals surface area contributed by atoms with Gasteiger partial charge in [0, 0.05) is 11.1 Å². The number of furan rings is 1. The molecule has 1 saturated heterocycles. The average Bonchev–Trinajstić information content (AvgIpc) is 3.09. The molecular weight excluding hydrogens is 340 g/mol. The Morgan fingerprint density at radius 3 is 2.73 bits per heavy atom. The Labute approximate surface area is 141 Å². The van der Waals surface area contributed by atoms with Crippen LogP contribution in [0.25, 0.3) is 6.08 Å². The number of amides is 1. The summed E-state index contributed by atoms with van der Waals surface area (Å²) in [5.74, 6) is 0.332. The molecule has 2 heterocycles. The molecule has 3 rings (SSSR count). The molecule has 0 bridgehead atoms. The van der Waals surface area contributed by atoms with Crippen LogP contribution in [0.3, 0.4) is 0 Å². The second-order valence-corrected chi connectivity index (χ2v) is 6.42. The molecule has 2 aromatic rings. The summed E-state index contributed by atoms with van der Waals surface area (Å²) in [6.45, 7) is 0. The number of hydrogen-bond donors (Lipinski definition) is 0. The monoisotopic (exact) mass is 348 g/mol. The van der Waals surface area contributed by atoms with Crippen LogP contribution in [-0.4, -0.2) is 21.5 Å². The van der Waals surface area contributed by atoms with Crippen LogP contribution in [0, 0.1) is 0 Å². The summed E-state index contributed by atoms with van der Waals surface area (Å²) in [4.78, 5) is 12.8. The number of benzene rings is 1. The average molecular weight is 349 g/mol. The molecule has 1 aliphatic heterocycles. The highest BCUT2D eigenvalue weighted by atomic mass is 35.5. The third-order valence-corrected chi connectivity index (χ3v) is 4.32. The standard InChI is InChI=1S/C15H9ClN2O2S2/c16-11-5-3-10(4-6-11)9-17-18-14(19)13(22-15(18)21)8-12-2-1-7-20-12/h1-9H/b13-8+,17-9+. The normalized spacial score (nSPS) is 17.1. The molecule has 0 unspecified atom stereocenters. The molecule has 0 aliphatic carbocycles. The van der Waals surface area contributed by atoms with E-state index in [2.05, 4.69) is 5.10 Å². The molecule has 1 aliphatic rings. The lowest BCUT2D eigenvalue weighted by molar-refractivity contribution is -0.122.